The van der Waals surface area contributed by atoms with Crippen molar-refractivity contribution in [2.45, 2.75) is 45.9 Å². The number of halogens is 1. The van der Waals surface area contributed by atoms with Crippen LogP contribution in [0.3, 0.4) is 0 Å². The van der Waals surface area contributed by atoms with Crippen molar-refractivity contribution in [2.75, 3.05) is 36.0 Å². The minimum Gasteiger partial charge on any atom is -0.415 e. The van der Waals surface area contributed by atoms with Crippen molar-refractivity contribution >= 4 is 20.5 Å². The van der Waals surface area contributed by atoms with Crippen LogP contribution in [-0.4, -0.2) is 40.2 Å². The second-order valence-electron chi connectivity index (χ2n) is 8.68. The molecule has 1 atom stereocenters. The van der Waals surface area contributed by atoms with Crippen LogP contribution in [0.1, 0.15) is 32.0 Å². The fourth-order valence-corrected chi connectivity index (χ4v) is 4.20. The first kappa shape index (κ1) is 20.8. The minimum absolute atomic E-state index is 0.139. The zero-order valence-electron chi connectivity index (χ0n) is 17.7. The Morgan fingerprint density at radius 1 is 1.04 bits per heavy atom. The molecule has 1 aliphatic rings. The number of pyridine rings is 1. The van der Waals surface area contributed by atoms with Gasteiger partial charge in [0.15, 0.2) is 14.9 Å². The Kier molecular flexibility index (Phi) is 6.40. The molecule has 0 amide bonds. The standard InChI is InChI=1S/C22H32FN3OSi/c1-17-8-6-11-20(24-17)26-14-12-25(13-15-26)19-10-7-9-18(21(19)23)16-27-28(5)22(2,3)4/h6-11,28H,12-16H2,1-5H3. The molecule has 0 aliphatic carbocycles. The second kappa shape index (κ2) is 8.62. The number of hydrogen-bond acceptors (Lipinski definition) is 4. The monoisotopic (exact) mass is 401 g/mol. The predicted molar refractivity (Wildman–Crippen MR) is 117 cm³/mol. The first-order valence-electron chi connectivity index (χ1n) is 10.1. The van der Waals surface area contributed by atoms with Gasteiger partial charge in [-0.25, -0.2) is 9.37 Å². The van der Waals surface area contributed by atoms with Crippen LogP contribution in [0, 0.1) is 12.7 Å². The summed E-state index contributed by atoms with van der Waals surface area (Å²) in [4.78, 5) is 9.01. The molecule has 0 saturated carbocycles. The Morgan fingerprint density at radius 2 is 1.68 bits per heavy atom. The number of anilines is 2. The third-order valence-electron chi connectivity index (χ3n) is 5.58. The van der Waals surface area contributed by atoms with Gasteiger partial charge in [-0.2, -0.15) is 0 Å². The summed E-state index contributed by atoms with van der Waals surface area (Å²) in [5, 5.41) is 0.175. The van der Waals surface area contributed by atoms with Crippen LogP contribution in [0.5, 0.6) is 0 Å². The van der Waals surface area contributed by atoms with Gasteiger partial charge in [-0.1, -0.05) is 39.0 Å². The van der Waals surface area contributed by atoms with E-state index in [9.17, 15) is 0 Å². The molecule has 0 N–H and O–H groups in total. The van der Waals surface area contributed by atoms with Gasteiger partial charge in [-0.15, -0.1) is 0 Å². The first-order chi connectivity index (χ1) is 13.3. The molecule has 0 radical (unpaired) electrons. The highest BCUT2D eigenvalue weighted by atomic mass is 28.3. The van der Waals surface area contributed by atoms with Crippen LogP contribution in [0.25, 0.3) is 0 Å². The van der Waals surface area contributed by atoms with Gasteiger partial charge in [0.2, 0.25) is 0 Å². The zero-order chi connectivity index (χ0) is 20.3. The number of benzene rings is 1. The lowest BCUT2D eigenvalue weighted by atomic mass is 10.1. The summed E-state index contributed by atoms with van der Waals surface area (Å²) in [5.74, 6) is 0.864. The van der Waals surface area contributed by atoms with Crippen molar-refractivity contribution in [1.29, 1.82) is 0 Å². The zero-order valence-corrected chi connectivity index (χ0v) is 18.9. The van der Waals surface area contributed by atoms with Crippen LogP contribution in [0.2, 0.25) is 11.6 Å². The van der Waals surface area contributed by atoms with E-state index in [-0.39, 0.29) is 10.9 Å². The summed E-state index contributed by atoms with van der Waals surface area (Å²) >= 11 is 0. The summed E-state index contributed by atoms with van der Waals surface area (Å²) in [6, 6.07) is 11.7. The van der Waals surface area contributed by atoms with E-state index >= 15 is 4.39 Å². The van der Waals surface area contributed by atoms with Crippen LogP contribution in [-0.2, 0) is 11.0 Å². The molecule has 1 aromatic carbocycles. The lowest BCUT2D eigenvalue weighted by molar-refractivity contribution is 0.288. The third-order valence-corrected chi connectivity index (χ3v) is 8.69. The Bertz CT molecular complexity index is 801. The number of rotatable bonds is 5. The molecule has 0 bridgehead atoms. The maximum atomic E-state index is 15.1. The van der Waals surface area contributed by atoms with Crippen molar-refractivity contribution in [2.24, 2.45) is 0 Å². The summed E-state index contributed by atoms with van der Waals surface area (Å²) < 4.78 is 21.2. The smallest absolute Gasteiger partial charge is 0.179 e. The lowest BCUT2D eigenvalue weighted by Crippen LogP contribution is -2.47. The summed E-state index contributed by atoms with van der Waals surface area (Å²) in [5.41, 5.74) is 2.36. The van der Waals surface area contributed by atoms with Gasteiger partial charge in [-0.3, -0.25) is 0 Å². The molecule has 1 aliphatic heterocycles. The highest BCUT2D eigenvalue weighted by molar-refractivity contribution is 6.53. The van der Waals surface area contributed by atoms with Crippen LogP contribution in [0.15, 0.2) is 36.4 Å². The van der Waals surface area contributed by atoms with E-state index in [1.807, 2.05) is 43.3 Å². The van der Waals surface area contributed by atoms with Gasteiger partial charge in [0.1, 0.15) is 5.82 Å². The molecule has 0 spiro atoms. The van der Waals surface area contributed by atoms with Crippen LogP contribution in [0.4, 0.5) is 15.9 Å². The van der Waals surface area contributed by atoms with E-state index in [2.05, 4.69) is 42.1 Å². The molecule has 1 aromatic heterocycles. The molecule has 4 nitrogen and oxygen atoms in total. The third kappa shape index (κ3) is 4.91. The number of nitrogens with zero attached hydrogens (tertiary/aromatic N) is 3. The largest absolute Gasteiger partial charge is 0.415 e. The van der Waals surface area contributed by atoms with Crippen LogP contribution >= 0.6 is 0 Å². The van der Waals surface area contributed by atoms with E-state index in [0.717, 1.165) is 37.7 Å². The van der Waals surface area contributed by atoms with Crippen molar-refractivity contribution in [1.82, 2.24) is 4.98 Å². The van der Waals surface area contributed by atoms with Crippen LogP contribution < -0.4 is 9.80 Å². The molecule has 6 heteroatoms. The van der Waals surface area contributed by atoms with Gasteiger partial charge in [0.05, 0.1) is 12.3 Å². The molecular formula is C22H32FN3OSi. The summed E-state index contributed by atoms with van der Waals surface area (Å²) in [7, 11) is -1.37. The normalized spacial score (nSPS) is 16.4. The van der Waals surface area contributed by atoms with Gasteiger partial charge in [0.25, 0.3) is 0 Å². The van der Waals surface area contributed by atoms with Crippen molar-refractivity contribution in [3.8, 4) is 0 Å². The minimum atomic E-state index is -1.37. The van der Waals surface area contributed by atoms with Gasteiger partial charge < -0.3 is 14.2 Å². The highest BCUT2D eigenvalue weighted by Crippen LogP contribution is 2.29. The average Bonchev–Trinajstić information content (AvgIpc) is 2.66. The molecule has 1 fully saturated rings. The molecule has 3 rings (SSSR count). The van der Waals surface area contributed by atoms with E-state index in [1.165, 1.54) is 0 Å². The number of piperazine rings is 1. The fourth-order valence-electron chi connectivity index (χ4n) is 3.27. The molecule has 152 valence electrons. The van der Waals surface area contributed by atoms with Gasteiger partial charge >= 0.3 is 0 Å². The van der Waals surface area contributed by atoms with Gasteiger partial charge in [-0.05, 0) is 36.7 Å². The molecular weight excluding hydrogens is 369 g/mol. The maximum absolute atomic E-state index is 15.1. The first-order valence-corrected chi connectivity index (χ1v) is 12.3. The fraction of sp³-hybridized carbons (Fsp3) is 0.500. The summed E-state index contributed by atoms with van der Waals surface area (Å²) in [6.07, 6.45) is 0. The maximum Gasteiger partial charge on any atom is 0.179 e. The molecule has 1 saturated heterocycles. The number of hydrogen-bond donors (Lipinski definition) is 0. The Hall–Kier alpha value is -1.92. The Balaban J connectivity index is 1.65. The number of aryl methyl sites for hydroxylation is 1. The van der Waals surface area contributed by atoms with E-state index < -0.39 is 9.04 Å². The quantitative estimate of drug-likeness (QED) is 0.689. The number of aromatic nitrogens is 1. The SMILES string of the molecule is Cc1cccc(N2CCN(c3cccc(CO[SiH](C)C(C)(C)C)c3F)CC2)n1. The Labute approximate surface area is 170 Å². The molecule has 2 heterocycles. The topological polar surface area (TPSA) is 28.6 Å². The molecule has 2 aromatic rings. The highest BCUT2D eigenvalue weighted by Gasteiger charge is 2.25. The van der Waals surface area contributed by atoms with Crippen molar-refractivity contribution in [3.63, 3.8) is 0 Å². The lowest BCUT2D eigenvalue weighted by Gasteiger charge is -2.37. The van der Waals surface area contributed by atoms with Gasteiger partial charge in [0, 0.05) is 37.4 Å². The van der Waals surface area contributed by atoms with Crippen molar-refractivity contribution in [3.05, 3.63) is 53.5 Å². The van der Waals surface area contributed by atoms with E-state index in [4.69, 9.17) is 4.43 Å². The average molecular weight is 402 g/mol. The van der Waals surface area contributed by atoms with Crippen molar-refractivity contribution < 1.29 is 8.82 Å². The summed E-state index contributed by atoms with van der Waals surface area (Å²) in [6.45, 7) is 14.4. The van der Waals surface area contributed by atoms with E-state index in [1.54, 1.807) is 0 Å². The second-order valence-corrected chi connectivity index (χ2v) is 12.0. The molecule has 28 heavy (non-hydrogen) atoms. The Morgan fingerprint density at radius 3 is 2.32 bits per heavy atom. The van der Waals surface area contributed by atoms with E-state index in [0.29, 0.717) is 17.9 Å². The molecule has 1 unspecified atom stereocenters. The predicted octanol–water partition coefficient (Wildman–Crippen LogP) is 4.53.